The van der Waals surface area contributed by atoms with E-state index in [1.807, 2.05) is 17.9 Å². The highest BCUT2D eigenvalue weighted by atomic mass is 35.5. The third kappa shape index (κ3) is 4.45. The van der Waals surface area contributed by atoms with E-state index in [0.717, 1.165) is 37.1 Å². The van der Waals surface area contributed by atoms with Crippen molar-refractivity contribution >= 4 is 28.8 Å². The predicted molar refractivity (Wildman–Crippen MR) is 79.5 cm³/mol. The van der Waals surface area contributed by atoms with Gasteiger partial charge < -0.3 is 10.6 Å². The zero-order valence-corrected chi connectivity index (χ0v) is 12.7. The minimum Gasteiger partial charge on any atom is -0.340 e. The number of thiophene rings is 1. The molecule has 1 unspecified atom stereocenters. The summed E-state index contributed by atoms with van der Waals surface area (Å²) in [6.07, 6.45) is 0.445. The Hall–Kier alpha value is -0.620. The molecule has 1 aromatic heterocycles. The van der Waals surface area contributed by atoms with Crippen molar-refractivity contribution in [3.63, 3.8) is 0 Å². The van der Waals surface area contributed by atoms with Crippen LogP contribution >= 0.6 is 22.9 Å². The van der Waals surface area contributed by atoms with E-state index in [2.05, 4.69) is 11.0 Å². The molecule has 1 atom stereocenters. The van der Waals surface area contributed by atoms with E-state index in [0.29, 0.717) is 6.42 Å². The van der Waals surface area contributed by atoms with Crippen LogP contribution < -0.4 is 5.73 Å². The molecule has 19 heavy (non-hydrogen) atoms. The van der Waals surface area contributed by atoms with Crippen LogP contribution in [0.15, 0.2) is 12.1 Å². The van der Waals surface area contributed by atoms with Crippen LogP contribution in [0.4, 0.5) is 0 Å². The molecule has 0 spiro atoms. The van der Waals surface area contributed by atoms with E-state index in [1.54, 1.807) is 11.3 Å². The molecule has 6 heteroatoms. The summed E-state index contributed by atoms with van der Waals surface area (Å²) in [7, 11) is 0. The van der Waals surface area contributed by atoms with Crippen LogP contribution in [0.2, 0.25) is 4.34 Å². The lowest BCUT2D eigenvalue weighted by atomic mass is 10.2. The van der Waals surface area contributed by atoms with Gasteiger partial charge in [-0.15, -0.1) is 11.3 Å². The molecule has 0 aromatic carbocycles. The van der Waals surface area contributed by atoms with Gasteiger partial charge in [-0.05, 0) is 19.1 Å². The normalized spacial score (nSPS) is 18.6. The third-order valence-electron chi connectivity index (χ3n) is 3.23. The number of carbonyl (C=O) groups excluding carboxylic acids is 1. The predicted octanol–water partition coefficient (Wildman–Crippen LogP) is 1.78. The summed E-state index contributed by atoms with van der Waals surface area (Å²) in [4.78, 5) is 17.4. The van der Waals surface area contributed by atoms with E-state index in [-0.39, 0.29) is 11.9 Å². The molecule has 1 aliphatic heterocycles. The molecule has 1 aromatic rings. The van der Waals surface area contributed by atoms with Gasteiger partial charge in [0.05, 0.1) is 4.34 Å². The summed E-state index contributed by atoms with van der Waals surface area (Å²) in [6.45, 7) is 6.22. The number of piperazine rings is 1. The van der Waals surface area contributed by atoms with Crippen molar-refractivity contribution in [3.05, 3.63) is 21.3 Å². The number of rotatable bonds is 4. The molecule has 0 aliphatic carbocycles. The number of hydrogen-bond donors (Lipinski definition) is 1. The van der Waals surface area contributed by atoms with Gasteiger partial charge in [0.1, 0.15) is 0 Å². The van der Waals surface area contributed by atoms with E-state index >= 15 is 0 Å². The Morgan fingerprint density at radius 2 is 2.11 bits per heavy atom. The van der Waals surface area contributed by atoms with Crippen LogP contribution in [0.3, 0.4) is 0 Å². The van der Waals surface area contributed by atoms with Gasteiger partial charge in [-0.2, -0.15) is 0 Å². The summed E-state index contributed by atoms with van der Waals surface area (Å²) in [6, 6.07) is 3.95. The maximum atomic E-state index is 11.9. The third-order valence-corrected chi connectivity index (χ3v) is 4.45. The molecule has 0 radical (unpaired) electrons. The fourth-order valence-corrected chi connectivity index (χ4v) is 3.35. The van der Waals surface area contributed by atoms with Gasteiger partial charge in [0, 0.05) is 50.1 Å². The van der Waals surface area contributed by atoms with E-state index in [1.165, 1.54) is 4.88 Å². The smallest absolute Gasteiger partial charge is 0.224 e. The molecule has 2 rings (SSSR count). The average molecular weight is 302 g/mol. The van der Waals surface area contributed by atoms with Gasteiger partial charge in [-0.1, -0.05) is 11.6 Å². The molecular weight excluding hydrogens is 282 g/mol. The van der Waals surface area contributed by atoms with Crippen molar-refractivity contribution in [2.24, 2.45) is 5.73 Å². The SMILES string of the molecule is CC(N)CC(=O)N1CCN(Cc2ccc(Cl)s2)CC1. The van der Waals surface area contributed by atoms with E-state index in [9.17, 15) is 4.79 Å². The molecule has 2 heterocycles. The number of halogens is 1. The Labute approximate surface area is 123 Å². The van der Waals surface area contributed by atoms with Gasteiger partial charge in [-0.25, -0.2) is 0 Å². The minimum atomic E-state index is -0.0567. The van der Waals surface area contributed by atoms with Crippen molar-refractivity contribution in [2.75, 3.05) is 26.2 Å². The number of carbonyl (C=O) groups is 1. The van der Waals surface area contributed by atoms with Crippen LogP contribution in [0.1, 0.15) is 18.2 Å². The minimum absolute atomic E-state index is 0.0567. The fraction of sp³-hybridized carbons (Fsp3) is 0.615. The molecular formula is C13H20ClN3OS. The molecule has 106 valence electrons. The number of hydrogen-bond acceptors (Lipinski definition) is 4. The van der Waals surface area contributed by atoms with Crippen molar-refractivity contribution in [3.8, 4) is 0 Å². The van der Waals surface area contributed by atoms with Crippen molar-refractivity contribution in [2.45, 2.75) is 25.9 Å². The lowest BCUT2D eigenvalue weighted by Gasteiger charge is -2.34. The summed E-state index contributed by atoms with van der Waals surface area (Å²) in [5, 5.41) is 0. The average Bonchev–Trinajstić information content (AvgIpc) is 2.75. The Kier molecular flexibility index (Phi) is 5.21. The molecule has 4 nitrogen and oxygen atoms in total. The van der Waals surface area contributed by atoms with Crippen molar-refractivity contribution in [1.29, 1.82) is 0 Å². The van der Waals surface area contributed by atoms with Crippen LogP contribution in [0.5, 0.6) is 0 Å². The number of nitrogens with two attached hydrogens (primary N) is 1. The number of nitrogens with zero attached hydrogens (tertiary/aromatic N) is 2. The second kappa shape index (κ2) is 6.70. The van der Waals surface area contributed by atoms with Gasteiger partial charge in [0.2, 0.25) is 5.91 Å². The Bertz CT molecular complexity index is 427. The van der Waals surface area contributed by atoms with E-state index in [4.69, 9.17) is 17.3 Å². The lowest BCUT2D eigenvalue weighted by Crippen LogP contribution is -2.49. The van der Waals surface area contributed by atoms with Crippen molar-refractivity contribution in [1.82, 2.24) is 9.80 Å². The molecule has 2 N–H and O–H groups in total. The molecule has 1 aliphatic rings. The fourth-order valence-electron chi connectivity index (χ4n) is 2.22. The highest BCUT2D eigenvalue weighted by molar-refractivity contribution is 7.16. The Morgan fingerprint density at radius 3 is 2.63 bits per heavy atom. The van der Waals surface area contributed by atoms with Gasteiger partial charge in [0.25, 0.3) is 0 Å². The highest BCUT2D eigenvalue weighted by Gasteiger charge is 2.21. The largest absolute Gasteiger partial charge is 0.340 e. The lowest BCUT2D eigenvalue weighted by molar-refractivity contribution is -0.133. The molecule has 1 amide bonds. The quantitative estimate of drug-likeness (QED) is 0.922. The maximum Gasteiger partial charge on any atom is 0.224 e. The Balaban J connectivity index is 1.77. The van der Waals surface area contributed by atoms with Gasteiger partial charge >= 0.3 is 0 Å². The number of amides is 1. The first-order valence-electron chi connectivity index (χ1n) is 6.54. The summed E-state index contributed by atoms with van der Waals surface area (Å²) in [5.41, 5.74) is 5.66. The van der Waals surface area contributed by atoms with Crippen LogP contribution in [-0.4, -0.2) is 47.9 Å². The van der Waals surface area contributed by atoms with Crippen molar-refractivity contribution < 1.29 is 4.79 Å². The summed E-state index contributed by atoms with van der Waals surface area (Å²) >= 11 is 7.55. The molecule has 1 fully saturated rings. The second-order valence-electron chi connectivity index (χ2n) is 5.04. The van der Waals surface area contributed by atoms with Crippen LogP contribution in [-0.2, 0) is 11.3 Å². The zero-order valence-electron chi connectivity index (χ0n) is 11.1. The molecule has 0 saturated carbocycles. The first-order chi connectivity index (χ1) is 9.04. The molecule has 0 bridgehead atoms. The summed E-state index contributed by atoms with van der Waals surface area (Å²) in [5.74, 6) is 0.175. The first-order valence-corrected chi connectivity index (χ1v) is 7.74. The zero-order chi connectivity index (χ0) is 13.8. The summed E-state index contributed by atoms with van der Waals surface area (Å²) < 4.78 is 0.834. The van der Waals surface area contributed by atoms with Gasteiger partial charge in [-0.3, -0.25) is 9.69 Å². The maximum absolute atomic E-state index is 11.9. The first kappa shape index (κ1) is 14.8. The topological polar surface area (TPSA) is 49.6 Å². The second-order valence-corrected chi connectivity index (χ2v) is 6.84. The monoisotopic (exact) mass is 301 g/mol. The molecule has 1 saturated heterocycles. The van der Waals surface area contributed by atoms with Crippen LogP contribution in [0.25, 0.3) is 0 Å². The standard InChI is InChI=1S/C13H20ClN3OS/c1-10(15)8-13(18)17-6-4-16(5-7-17)9-11-2-3-12(14)19-11/h2-3,10H,4-9,15H2,1H3. The van der Waals surface area contributed by atoms with E-state index < -0.39 is 0 Å². The van der Waals surface area contributed by atoms with Crippen LogP contribution in [0, 0.1) is 0 Å². The highest BCUT2D eigenvalue weighted by Crippen LogP contribution is 2.23. The Morgan fingerprint density at radius 1 is 1.42 bits per heavy atom. The van der Waals surface area contributed by atoms with Gasteiger partial charge in [0.15, 0.2) is 0 Å².